The van der Waals surface area contributed by atoms with Crippen LogP contribution in [-0.4, -0.2) is 80.4 Å². The number of urea groups is 1. The van der Waals surface area contributed by atoms with Crippen LogP contribution in [0.1, 0.15) is 6.42 Å². The summed E-state index contributed by atoms with van der Waals surface area (Å²) < 4.78 is 9.29. The van der Waals surface area contributed by atoms with Crippen molar-refractivity contribution < 1.29 is 29.0 Å². The second kappa shape index (κ2) is 9.15. The first-order valence-electron chi connectivity index (χ1n) is 5.70. The predicted octanol–water partition coefficient (Wildman–Crippen LogP) is -0.366. The number of carboxylic acids is 1. The largest absolute Gasteiger partial charge is 0.480 e. The Morgan fingerprint density at radius 2 is 1.79 bits per heavy atom. The first-order valence-corrected chi connectivity index (χ1v) is 5.70. The van der Waals surface area contributed by atoms with E-state index in [0.717, 1.165) is 4.90 Å². The Balaban J connectivity index is 4.41. The van der Waals surface area contributed by atoms with Crippen LogP contribution in [0.4, 0.5) is 4.79 Å². The van der Waals surface area contributed by atoms with Crippen molar-refractivity contribution in [3.63, 3.8) is 0 Å². The molecule has 0 bridgehead atoms. The van der Waals surface area contributed by atoms with Crippen LogP contribution in [-0.2, 0) is 19.1 Å². The van der Waals surface area contributed by atoms with Gasteiger partial charge in [0.15, 0.2) is 0 Å². The number of amides is 2. The molecule has 0 aromatic rings. The minimum Gasteiger partial charge on any atom is -0.480 e. The summed E-state index contributed by atoms with van der Waals surface area (Å²) in [5.74, 6) is -1.54. The molecular formula is C11H20N2O6. The van der Waals surface area contributed by atoms with E-state index in [0.29, 0.717) is 0 Å². The molecule has 8 nitrogen and oxygen atoms in total. The number of nitrogens with zero attached hydrogens (tertiary/aromatic N) is 2. The van der Waals surface area contributed by atoms with Crippen LogP contribution in [0.5, 0.6) is 0 Å². The molecule has 0 saturated heterocycles. The van der Waals surface area contributed by atoms with Crippen LogP contribution in [0.2, 0.25) is 0 Å². The minimum atomic E-state index is -1.11. The van der Waals surface area contributed by atoms with Gasteiger partial charge < -0.3 is 24.4 Å². The van der Waals surface area contributed by atoms with Gasteiger partial charge in [-0.05, 0) is 0 Å². The summed E-state index contributed by atoms with van der Waals surface area (Å²) >= 11 is 0. The average Bonchev–Trinajstić information content (AvgIpc) is 2.38. The third kappa shape index (κ3) is 7.24. The summed E-state index contributed by atoms with van der Waals surface area (Å²) in [7, 11) is 4.22. The maximum Gasteiger partial charge on any atom is 0.323 e. The molecule has 0 heterocycles. The molecule has 0 fully saturated rings. The van der Waals surface area contributed by atoms with E-state index in [-0.39, 0.29) is 26.1 Å². The van der Waals surface area contributed by atoms with Gasteiger partial charge in [-0.2, -0.15) is 0 Å². The van der Waals surface area contributed by atoms with Crippen LogP contribution in [0, 0.1) is 0 Å². The lowest BCUT2D eigenvalue weighted by Gasteiger charge is -2.26. The number of aliphatic carboxylic acids is 1. The Hall–Kier alpha value is -1.83. The van der Waals surface area contributed by atoms with E-state index < -0.39 is 24.5 Å². The van der Waals surface area contributed by atoms with Crippen molar-refractivity contribution in [2.24, 2.45) is 0 Å². The summed E-state index contributed by atoms with van der Waals surface area (Å²) in [6.45, 7) is 0.160. The van der Waals surface area contributed by atoms with Crippen molar-refractivity contribution in [3.05, 3.63) is 0 Å². The molecule has 0 aromatic carbocycles. The number of ether oxygens (including phenoxy) is 2. The highest BCUT2D eigenvalue weighted by atomic mass is 16.5. The average molecular weight is 276 g/mol. The highest BCUT2D eigenvalue weighted by Crippen LogP contribution is 1.99. The number of rotatable bonds is 8. The number of esters is 1. The summed E-state index contributed by atoms with van der Waals surface area (Å²) in [5, 5.41) is 8.74. The van der Waals surface area contributed by atoms with E-state index >= 15 is 0 Å². The molecule has 0 aliphatic carbocycles. The number of hydrogen-bond acceptors (Lipinski definition) is 5. The number of carbonyl (C=O) groups excluding carboxylic acids is 2. The second-order valence-electron chi connectivity index (χ2n) is 3.84. The zero-order valence-corrected chi connectivity index (χ0v) is 11.4. The second-order valence-corrected chi connectivity index (χ2v) is 3.84. The Morgan fingerprint density at radius 1 is 1.16 bits per heavy atom. The van der Waals surface area contributed by atoms with Crippen molar-refractivity contribution in [2.75, 3.05) is 47.5 Å². The fourth-order valence-corrected chi connectivity index (χ4v) is 1.31. The zero-order chi connectivity index (χ0) is 14.8. The standard InChI is InChI=1S/C11H20N2O6/c1-12(5-4-10(16)19-3)11(17)13(6-7-18-2)8-9(14)15/h4-8H2,1-3H3,(H,14,15). The number of methoxy groups -OCH3 is 2. The van der Waals surface area contributed by atoms with Crippen molar-refractivity contribution in [1.29, 1.82) is 0 Å². The highest BCUT2D eigenvalue weighted by Gasteiger charge is 2.20. The summed E-state index contributed by atoms with van der Waals surface area (Å²) in [6.07, 6.45) is 0.0595. The molecule has 0 rings (SSSR count). The molecule has 0 radical (unpaired) electrons. The van der Waals surface area contributed by atoms with Crippen LogP contribution in [0.15, 0.2) is 0 Å². The normalized spacial score (nSPS) is 9.84. The summed E-state index contributed by atoms with van der Waals surface area (Å²) in [5.41, 5.74) is 0. The number of hydrogen-bond donors (Lipinski definition) is 1. The molecule has 110 valence electrons. The van der Waals surface area contributed by atoms with Gasteiger partial charge in [0.25, 0.3) is 0 Å². The van der Waals surface area contributed by atoms with Crippen LogP contribution in [0.25, 0.3) is 0 Å². The molecule has 8 heteroatoms. The van der Waals surface area contributed by atoms with Crippen molar-refractivity contribution >= 4 is 18.0 Å². The first-order chi connectivity index (χ1) is 8.92. The van der Waals surface area contributed by atoms with E-state index in [4.69, 9.17) is 9.84 Å². The fraction of sp³-hybridized carbons (Fsp3) is 0.727. The molecule has 0 saturated carbocycles. The monoisotopic (exact) mass is 276 g/mol. The summed E-state index contributed by atoms with van der Waals surface area (Å²) in [4.78, 5) is 36.0. The van der Waals surface area contributed by atoms with E-state index in [1.54, 1.807) is 0 Å². The van der Waals surface area contributed by atoms with Crippen LogP contribution >= 0.6 is 0 Å². The Morgan fingerprint density at radius 3 is 2.26 bits per heavy atom. The Kier molecular flexibility index (Phi) is 8.27. The SMILES string of the molecule is COCCN(CC(=O)O)C(=O)N(C)CCC(=O)OC. The fourth-order valence-electron chi connectivity index (χ4n) is 1.31. The Bertz CT molecular complexity index is 320. The van der Waals surface area contributed by atoms with Gasteiger partial charge in [-0.1, -0.05) is 0 Å². The molecule has 19 heavy (non-hydrogen) atoms. The molecule has 0 aliphatic rings. The maximum atomic E-state index is 12.0. The van der Waals surface area contributed by atoms with Crippen molar-refractivity contribution in [1.82, 2.24) is 9.80 Å². The van der Waals surface area contributed by atoms with Gasteiger partial charge >= 0.3 is 18.0 Å². The van der Waals surface area contributed by atoms with Gasteiger partial charge in [0.05, 0.1) is 20.1 Å². The van der Waals surface area contributed by atoms with Gasteiger partial charge in [0, 0.05) is 27.2 Å². The molecular weight excluding hydrogens is 256 g/mol. The van der Waals surface area contributed by atoms with Crippen molar-refractivity contribution in [2.45, 2.75) is 6.42 Å². The van der Waals surface area contributed by atoms with Gasteiger partial charge in [0.1, 0.15) is 6.54 Å². The first kappa shape index (κ1) is 17.2. The van der Waals surface area contributed by atoms with E-state index in [1.807, 2.05) is 0 Å². The molecule has 0 aromatic heterocycles. The van der Waals surface area contributed by atoms with E-state index in [2.05, 4.69) is 4.74 Å². The minimum absolute atomic E-state index is 0.0595. The topological polar surface area (TPSA) is 96.4 Å². The molecule has 0 spiro atoms. The highest BCUT2D eigenvalue weighted by molar-refractivity contribution is 5.80. The lowest BCUT2D eigenvalue weighted by molar-refractivity contribution is -0.141. The Labute approximate surface area is 111 Å². The lowest BCUT2D eigenvalue weighted by atomic mass is 10.4. The van der Waals surface area contributed by atoms with Gasteiger partial charge in [-0.25, -0.2) is 4.79 Å². The molecule has 2 amide bonds. The number of carboxylic acid groups (broad SMARTS) is 1. The lowest BCUT2D eigenvalue weighted by Crippen LogP contribution is -2.45. The molecule has 1 N–H and O–H groups in total. The molecule has 0 atom stereocenters. The van der Waals surface area contributed by atoms with E-state index in [1.165, 1.54) is 26.2 Å². The maximum absolute atomic E-state index is 12.0. The summed E-state index contributed by atoms with van der Waals surface area (Å²) in [6, 6.07) is -0.469. The molecule has 0 aliphatic heterocycles. The smallest absolute Gasteiger partial charge is 0.323 e. The van der Waals surface area contributed by atoms with Crippen LogP contribution in [0.3, 0.4) is 0 Å². The van der Waals surface area contributed by atoms with Gasteiger partial charge in [-0.3, -0.25) is 9.59 Å². The van der Waals surface area contributed by atoms with Gasteiger partial charge in [0.2, 0.25) is 0 Å². The van der Waals surface area contributed by atoms with Crippen molar-refractivity contribution in [3.8, 4) is 0 Å². The third-order valence-electron chi connectivity index (χ3n) is 2.37. The van der Waals surface area contributed by atoms with E-state index in [9.17, 15) is 14.4 Å². The van der Waals surface area contributed by atoms with Gasteiger partial charge in [-0.15, -0.1) is 0 Å². The third-order valence-corrected chi connectivity index (χ3v) is 2.37. The van der Waals surface area contributed by atoms with Crippen LogP contribution < -0.4 is 0 Å². The molecule has 0 unspecified atom stereocenters. The zero-order valence-electron chi connectivity index (χ0n) is 11.4. The quantitative estimate of drug-likeness (QED) is 0.608. The predicted molar refractivity (Wildman–Crippen MR) is 65.7 cm³/mol. The number of carbonyl (C=O) groups is 3.